The van der Waals surface area contributed by atoms with Gasteiger partial charge in [0.15, 0.2) is 0 Å². The highest BCUT2D eigenvalue weighted by molar-refractivity contribution is 7.98. The van der Waals surface area contributed by atoms with Crippen LogP contribution >= 0.6 is 11.8 Å². The summed E-state index contributed by atoms with van der Waals surface area (Å²) in [5.74, 6) is -1.27. The quantitative estimate of drug-likeness (QED) is 0.429. The molecule has 0 unspecified atom stereocenters. The average molecular weight is 469 g/mol. The SMILES string of the molecule is CSc1cc(NC(=O)c2c(C(F)(F)F)c(C3CC3)nn2CC2(F)CC3(CCC3)C2)ccn1. The lowest BCUT2D eigenvalue weighted by Crippen LogP contribution is -2.54. The third-order valence-corrected chi connectivity index (χ3v) is 7.52. The summed E-state index contributed by atoms with van der Waals surface area (Å²) in [6.07, 6.45) is 3.34. The van der Waals surface area contributed by atoms with Crippen LogP contribution in [0.25, 0.3) is 0 Å². The molecule has 0 aromatic carbocycles. The van der Waals surface area contributed by atoms with Crippen molar-refractivity contribution in [1.29, 1.82) is 0 Å². The van der Waals surface area contributed by atoms with Crippen LogP contribution < -0.4 is 5.32 Å². The van der Waals surface area contributed by atoms with E-state index < -0.39 is 29.0 Å². The molecular formula is C22H24F4N4OS. The van der Waals surface area contributed by atoms with Crippen molar-refractivity contribution in [3.05, 3.63) is 35.3 Å². The van der Waals surface area contributed by atoms with E-state index in [1.54, 1.807) is 12.3 Å². The molecule has 10 heteroatoms. The summed E-state index contributed by atoms with van der Waals surface area (Å²) in [6, 6.07) is 3.09. The van der Waals surface area contributed by atoms with Crippen molar-refractivity contribution in [1.82, 2.24) is 14.8 Å². The van der Waals surface area contributed by atoms with Gasteiger partial charge in [0.25, 0.3) is 5.91 Å². The second-order valence-electron chi connectivity index (χ2n) is 9.44. The Labute approximate surface area is 187 Å². The Morgan fingerprint density at radius 2 is 2.03 bits per heavy atom. The van der Waals surface area contributed by atoms with Crippen LogP contribution in [0.15, 0.2) is 23.4 Å². The van der Waals surface area contributed by atoms with Crippen LogP contribution in [0.3, 0.4) is 0 Å². The third kappa shape index (κ3) is 3.91. The number of halogens is 4. The van der Waals surface area contributed by atoms with Gasteiger partial charge in [-0.2, -0.15) is 18.3 Å². The summed E-state index contributed by atoms with van der Waals surface area (Å²) in [5, 5.41) is 7.34. The molecule has 2 heterocycles. The molecule has 1 amide bonds. The van der Waals surface area contributed by atoms with Crippen LogP contribution in [0.4, 0.5) is 23.2 Å². The van der Waals surface area contributed by atoms with Crippen molar-refractivity contribution in [3.63, 3.8) is 0 Å². The summed E-state index contributed by atoms with van der Waals surface area (Å²) in [7, 11) is 0. The molecule has 172 valence electrons. The zero-order chi connectivity index (χ0) is 22.7. The predicted molar refractivity (Wildman–Crippen MR) is 113 cm³/mol. The van der Waals surface area contributed by atoms with E-state index in [0.29, 0.717) is 36.4 Å². The predicted octanol–water partition coefficient (Wildman–Crippen LogP) is 5.82. The van der Waals surface area contributed by atoms with Crippen LogP contribution in [-0.2, 0) is 12.7 Å². The van der Waals surface area contributed by atoms with E-state index in [-0.39, 0.29) is 23.6 Å². The molecule has 0 atom stereocenters. The lowest BCUT2D eigenvalue weighted by molar-refractivity contribution is -0.139. The maximum atomic E-state index is 15.4. The molecule has 3 fully saturated rings. The number of anilines is 1. The van der Waals surface area contributed by atoms with Gasteiger partial charge < -0.3 is 5.32 Å². The Morgan fingerprint density at radius 3 is 2.59 bits per heavy atom. The van der Waals surface area contributed by atoms with E-state index in [0.717, 1.165) is 23.9 Å². The van der Waals surface area contributed by atoms with Crippen LogP contribution in [0, 0.1) is 5.41 Å². The van der Waals surface area contributed by atoms with Crippen LogP contribution in [0.5, 0.6) is 0 Å². The number of carbonyl (C=O) groups is 1. The molecule has 0 saturated heterocycles. The van der Waals surface area contributed by atoms with Gasteiger partial charge in [0.05, 0.1) is 17.3 Å². The average Bonchev–Trinajstić information content (AvgIpc) is 3.44. The van der Waals surface area contributed by atoms with Crippen molar-refractivity contribution >= 4 is 23.4 Å². The summed E-state index contributed by atoms with van der Waals surface area (Å²) in [4.78, 5) is 17.2. The lowest BCUT2D eigenvalue weighted by atomic mass is 9.50. The molecule has 0 aliphatic heterocycles. The first-order chi connectivity index (χ1) is 15.1. The second kappa shape index (κ2) is 7.46. The fourth-order valence-corrected chi connectivity index (χ4v) is 5.65. The first-order valence-electron chi connectivity index (χ1n) is 10.8. The minimum atomic E-state index is -4.76. The van der Waals surface area contributed by atoms with Gasteiger partial charge in [-0.3, -0.25) is 9.48 Å². The standard InChI is InChI=1S/C22H24F4N4OS/c1-32-15-9-14(5-8-27-15)28-19(31)18-16(22(24,25)26)17(13-3-4-13)29-30(18)12-21(23)10-20(11-21)6-2-7-20/h5,8-9,13H,2-4,6-7,10-12H2,1H3,(H,27,28,31). The molecule has 2 aromatic heterocycles. The molecule has 0 bridgehead atoms. The van der Waals surface area contributed by atoms with E-state index in [1.807, 2.05) is 0 Å². The zero-order valence-electron chi connectivity index (χ0n) is 17.6. The van der Waals surface area contributed by atoms with Crippen molar-refractivity contribution in [2.45, 2.75) is 74.3 Å². The fraction of sp³-hybridized carbons (Fsp3) is 0.591. The Kier molecular flexibility index (Phi) is 5.07. The Bertz CT molecular complexity index is 1050. The number of carbonyl (C=O) groups excluding carboxylic acids is 1. The Hall–Kier alpha value is -2.10. The van der Waals surface area contributed by atoms with Gasteiger partial charge in [-0.15, -0.1) is 11.8 Å². The molecule has 5 rings (SSSR count). The molecule has 3 saturated carbocycles. The number of nitrogens with one attached hydrogen (secondary N) is 1. The van der Waals surface area contributed by atoms with Crippen LogP contribution in [0.1, 0.15) is 72.6 Å². The summed E-state index contributed by atoms with van der Waals surface area (Å²) in [5.41, 5.74) is -3.07. The lowest BCUT2D eigenvalue weighted by Gasteiger charge is -2.57. The first kappa shape index (κ1) is 21.7. The number of thioether (sulfide) groups is 1. The van der Waals surface area contributed by atoms with Crippen molar-refractivity contribution in [2.75, 3.05) is 11.6 Å². The van der Waals surface area contributed by atoms with Gasteiger partial charge in [0.2, 0.25) is 0 Å². The molecule has 3 aliphatic rings. The summed E-state index contributed by atoms with van der Waals surface area (Å²) in [6.45, 7) is -0.334. The maximum Gasteiger partial charge on any atom is 0.420 e. The molecule has 1 spiro atoms. The third-order valence-electron chi connectivity index (χ3n) is 6.87. The van der Waals surface area contributed by atoms with E-state index >= 15 is 4.39 Å². The number of nitrogens with zero attached hydrogens (tertiary/aromatic N) is 3. The smallest absolute Gasteiger partial charge is 0.321 e. The topological polar surface area (TPSA) is 59.8 Å². The van der Waals surface area contributed by atoms with E-state index in [4.69, 9.17) is 0 Å². The Balaban J connectivity index is 1.50. The van der Waals surface area contributed by atoms with Crippen LogP contribution in [-0.4, -0.2) is 32.6 Å². The monoisotopic (exact) mass is 468 g/mol. The minimum absolute atomic E-state index is 0.00175. The normalized spacial score (nSPS) is 21.2. The van der Waals surface area contributed by atoms with Gasteiger partial charge in [-0.25, -0.2) is 9.37 Å². The van der Waals surface area contributed by atoms with E-state index in [2.05, 4.69) is 15.4 Å². The van der Waals surface area contributed by atoms with Crippen molar-refractivity contribution < 1.29 is 22.4 Å². The number of amides is 1. The highest BCUT2D eigenvalue weighted by Crippen LogP contribution is 2.62. The maximum absolute atomic E-state index is 15.4. The highest BCUT2D eigenvalue weighted by atomic mass is 32.2. The van der Waals surface area contributed by atoms with E-state index in [1.165, 1.54) is 24.0 Å². The van der Waals surface area contributed by atoms with Gasteiger partial charge in [0.1, 0.15) is 16.9 Å². The first-order valence-corrected chi connectivity index (χ1v) is 12.0. The molecule has 0 radical (unpaired) electrons. The summed E-state index contributed by atoms with van der Waals surface area (Å²) < 4.78 is 58.7. The molecule has 1 N–H and O–H groups in total. The molecule has 2 aromatic rings. The summed E-state index contributed by atoms with van der Waals surface area (Å²) >= 11 is 1.35. The number of alkyl halides is 4. The van der Waals surface area contributed by atoms with Gasteiger partial charge in [0, 0.05) is 17.8 Å². The molecule has 5 nitrogen and oxygen atoms in total. The Morgan fingerprint density at radius 1 is 1.31 bits per heavy atom. The van der Waals surface area contributed by atoms with Crippen molar-refractivity contribution in [3.8, 4) is 0 Å². The minimum Gasteiger partial charge on any atom is -0.321 e. The fourth-order valence-electron chi connectivity index (χ4n) is 5.24. The molecule has 32 heavy (non-hydrogen) atoms. The zero-order valence-corrected chi connectivity index (χ0v) is 18.5. The second-order valence-corrected chi connectivity index (χ2v) is 10.3. The van der Waals surface area contributed by atoms with Gasteiger partial charge in [-0.1, -0.05) is 6.42 Å². The highest BCUT2D eigenvalue weighted by Gasteiger charge is 2.58. The van der Waals surface area contributed by atoms with Crippen LogP contribution in [0.2, 0.25) is 0 Å². The number of hydrogen-bond donors (Lipinski definition) is 1. The van der Waals surface area contributed by atoms with Gasteiger partial charge in [-0.05, 0) is 62.3 Å². The molecular weight excluding hydrogens is 444 g/mol. The largest absolute Gasteiger partial charge is 0.420 e. The van der Waals surface area contributed by atoms with Crippen molar-refractivity contribution in [2.24, 2.45) is 5.41 Å². The van der Waals surface area contributed by atoms with E-state index in [9.17, 15) is 18.0 Å². The number of rotatable bonds is 6. The number of aromatic nitrogens is 3. The number of pyridine rings is 1. The molecule has 3 aliphatic carbocycles. The number of hydrogen-bond acceptors (Lipinski definition) is 4. The van der Waals surface area contributed by atoms with Gasteiger partial charge >= 0.3 is 6.18 Å².